The van der Waals surface area contributed by atoms with Crippen molar-refractivity contribution >= 4 is 21.8 Å². The van der Waals surface area contributed by atoms with Crippen LogP contribution in [0.1, 0.15) is 25.1 Å². The maximum atomic E-state index is 4.71. The largest absolute Gasteiger partial charge is 0.309 e. The van der Waals surface area contributed by atoms with Crippen LogP contribution in [0.4, 0.5) is 0 Å². The van der Waals surface area contributed by atoms with Crippen LogP contribution in [0, 0.1) is 0 Å². The van der Waals surface area contributed by atoms with Gasteiger partial charge in [-0.25, -0.2) is 4.68 Å². The van der Waals surface area contributed by atoms with Crippen LogP contribution in [0.15, 0.2) is 134 Å². The number of aromatic nitrogens is 4. The topological polar surface area (TPSA) is 35.6 Å². The van der Waals surface area contributed by atoms with Crippen molar-refractivity contribution in [2.75, 3.05) is 0 Å². The quantitative estimate of drug-likeness (QED) is 0.236. The molecule has 0 spiro atoms. The van der Waals surface area contributed by atoms with E-state index in [2.05, 4.69) is 133 Å². The number of hydrogen-bond acceptors (Lipinski definition) is 2. The van der Waals surface area contributed by atoms with Crippen LogP contribution < -0.4 is 0 Å². The summed E-state index contributed by atoms with van der Waals surface area (Å²) in [7, 11) is 0. The molecule has 0 aliphatic heterocycles. The molecule has 7 rings (SSSR count). The molecule has 0 atom stereocenters. The highest BCUT2D eigenvalue weighted by Crippen LogP contribution is 2.36. The van der Waals surface area contributed by atoms with Crippen molar-refractivity contribution < 1.29 is 0 Å². The zero-order chi connectivity index (χ0) is 26.4. The molecule has 0 saturated heterocycles. The minimum absolute atomic E-state index is 0.232. The van der Waals surface area contributed by atoms with E-state index in [1.54, 1.807) is 0 Å². The maximum Gasteiger partial charge on any atom is 0.0667 e. The van der Waals surface area contributed by atoms with Crippen molar-refractivity contribution in [3.8, 4) is 22.5 Å². The van der Waals surface area contributed by atoms with Gasteiger partial charge in [0.05, 0.1) is 28.6 Å². The van der Waals surface area contributed by atoms with Crippen LogP contribution in [0.5, 0.6) is 0 Å². The van der Waals surface area contributed by atoms with E-state index in [4.69, 9.17) is 5.10 Å². The summed E-state index contributed by atoms with van der Waals surface area (Å²) in [4.78, 5) is 4.67. The molecule has 188 valence electrons. The van der Waals surface area contributed by atoms with E-state index in [0.29, 0.717) is 0 Å². The summed E-state index contributed by atoms with van der Waals surface area (Å²) < 4.78 is 4.33. The van der Waals surface area contributed by atoms with Crippen LogP contribution in [0.2, 0.25) is 0 Å². The fraction of sp³-hybridized carbons (Fsp3) is 0.0857. The van der Waals surface area contributed by atoms with Gasteiger partial charge in [0.2, 0.25) is 0 Å². The Labute approximate surface area is 227 Å². The van der Waals surface area contributed by atoms with Crippen molar-refractivity contribution in [1.29, 1.82) is 0 Å². The van der Waals surface area contributed by atoms with Gasteiger partial charge in [0.25, 0.3) is 0 Å². The molecule has 39 heavy (non-hydrogen) atoms. The van der Waals surface area contributed by atoms with Crippen LogP contribution >= 0.6 is 0 Å². The van der Waals surface area contributed by atoms with Gasteiger partial charge in [0.1, 0.15) is 0 Å². The Bertz CT molecular complexity index is 1930. The van der Waals surface area contributed by atoms with Gasteiger partial charge in [-0.2, -0.15) is 5.10 Å². The zero-order valence-electron chi connectivity index (χ0n) is 22.0. The number of fused-ring (bicyclic) bond motifs is 3. The molecule has 0 fully saturated rings. The number of para-hydroxylation sites is 1. The summed E-state index contributed by atoms with van der Waals surface area (Å²) in [5.41, 5.74) is 8.79. The third-order valence-electron chi connectivity index (χ3n) is 7.74. The second-order valence-electron chi connectivity index (χ2n) is 10.5. The maximum absolute atomic E-state index is 4.71. The molecule has 0 amide bonds. The Morgan fingerprint density at radius 1 is 0.615 bits per heavy atom. The molecule has 0 aliphatic carbocycles. The number of rotatable bonds is 5. The van der Waals surface area contributed by atoms with Crippen molar-refractivity contribution in [3.63, 3.8) is 0 Å². The van der Waals surface area contributed by atoms with Crippen LogP contribution in [-0.4, -0.2) is 19.3 Å². The Morgan fingerprint density at radius 2 is 1.41 bits per heavy atom. The standard InChI is InChI=1S/C35H28N4/c1-35(2,34-17-8-9-20-36-34)27-13-10-14-29(21-27)39-32-16-7-6-15-30(32)31-19-18-28(22-33(31)39)38-24-26(23-37-38)25-11-4-3-5-12-25/h3-24H,1-2H3. The van der Waals surface area contributed by atoms with Crippen molar-refractivity contribution in [2.24, 2.45) is 0 Å². The van der Waals surface area contributed by atoms with Gasteiger partial charge in [-0.05, 0) is 53.6 Å². The minimum Gasteiger partial charge on any atom is -0.309 e. The van der Waals surface area contributed by atoms with E-state index in [-0.39, 0.29) is 5.41 Å². The molecule has 4 heteroatoms. The van der Waals surface area contributed by atoms with Gasteiger partial charge >= 0.3 is 0 Å². The minimum atomic E-state index is -0.232. The molecule has 7 aromatic rings. The van der Waals surface area contributed by atoms with Crippen molar-refractivity contribution in [1.82, 2.24) is 19.3 Å². The summed E-state index contributed by atoms with van der Waals surface area (Å²) in [6, 6.07) is 40.6. The first-order valence-corrected chi connectivity index (χ1v) is 13.3. The van der Waals surface area contributed by atoms with E-state index in [9.17, 15) is 0 Å². The van der Waals surface area contributed by atoms with Gasteiger partial charge < -0.3 is 4.57 Å². The first-order valence-electron chi connectivity index (χ1n) is 13.3. The van der Waals surface area contributed by atoms with E-state index < -0.39 is 0 Å². The van der Waals surface area contributed by atoms with Gasteiger partial charge in [-0.3, -0.25) is 4.98 Å². The molecule has 0 N–H and O–H groups in total. The first kappa shape index (κ1) is 23.2. The predicted octanol–water partition coefficient (Wildman–Crippen LogP) is 8.36. The molecule has 3 heterocycles. The van der Waals surface area contributed by atoms with Crippen LogP contribution in [0.25, 0.3) is 44.3 Å². The van der Waals surface area contributed by atoms with Crippen molar-refractivity contribution in [2.45, 2.75) is 19.3 Å². The summed E-state index contributed by atoms with van der Waals surface area (Å²) in [6.45, 7) is 4.47. The van der Waals surface area contributed by atoms with Crippen LogP contribution in [-0.2, 0) is 5.41 Å². The highest BCUT2D eigenvalue weighted by molar-refractivity contribution is 6.09. The lowest BCUT2D eigenvalue weighted by molar-refractivity contribution is 0.616. The Balaban J connectivity index is 1.39. The average Bonchev–Trinajstić information content (AvgIpc) is 3.61. The van der Waals surface area contributed by atoms with E-state index >= 15 is 0 Å². The summed E-state index contributed by atoms with van der Waals surface area (Å²) >= 11 is 0. The average molecular weight is 505 g/mol. The number of benzene rings is 4. The molecule has 4 nitrogen and oxygen atoms in total. The lowest BCUT2D eigenvalue weighted by Gasteiger charge is -2.25. The lowest BCUT2D eigenvalue weighted by atomic mass is 9.81. The van der Waals surface area contributed by atoms with Crippen LogP contribution in [0.3, 0.4) is 0 Å². The van der Waals surface area contributed by atoms with Gasteiger partial charge in [0.15, 0.2) is 0 Å². The molecule has 0 saturated carbocycles. The van der Waals surface area contributed by atoms with Gasteiger partial charge in [0, 0.05) is 39.8 Å². The van der Waals surface area contributed by atoms with Crippen molar-refractivity contribution in [3.05, 3.63) is 145 Å². The Hall–Kier alpha value is -4.96. The normalized spacial score (nSPS) is 11.8. The lowest BCUT2D eigenvalue weighted by Crippen LogP contribution is -2.20. The highest BCUT2D eigenvalue weighted by atomic mass is 15.3. The third kappa shape index (κ3) is 3.93. The third-order valence-corrected chi connectivity index (χ3v) is 7.74. The van der Waals surface area contributed by atoms with E-state index in [1.165, 1.54) is 21.9 Å². The van der Waals surface area contributed by atoms with E-state index in [0.717, 1.165) is 33.7 Å². The van der Waals surface area contributed by atoms with Gasteiger partial charge in [-0.15, -0.1) is 0 Å². The fourth-order valence-electron chi connectivity index (χ4n) is 5.54. The second kappa shape index (κ2) is 9.10. The molecule has 0 bridgehead atoms. The molecule has 0 unspecified atom stereocenters. The molecule has 0 aliphatic rings. The molecular weight excluding hydrogens is 476 g/mol. The molecule has 3 aromatic heterocycles. The Kier molecular flexibility index (Phi) is 5.41. The number of hydrogen-bond donors (Lipinski definition) is 0. The monoisotopic (exact) mass is 504 g/mol. The summed E-state index contributed by atoms with van der Waals surface area (Å²) in [5, 5.41) is 7.16. The summed E-state index contributed by atoms with van der Waals surface area (Å²) in [6.07, 6.45) is 5.89. The highest BCUT2D eigenvalue weighted by Gasteiger charge is 2.25. The second-order valence-corrected chi connectivity index (χ2v) is 10.5. The predicted molar refractivity (Wildman–Crippen MR) is 160 cm³/mol. The first-order chi connectivity index (χ1) is 19.1. The molecule has 4 aromatic carbocycles. The SMILES string of the molecule is CC(C)(c1cccc(-n2c3ccccc3c3ccc(-n4cc(-c5ccccc5)cn4)cc32)c1)c1ccccn1. The zero-order valence-corrected chi connectivity index (χ0v) is 22.0. The Morgan fingerprint density at radius 3 is 2.26 bits per heavy atom. The number of nitrogens with zero attached hydrogens (tertiary/aromatic N) is 4. The molecule has 0 radical (unpaired) electrons. The number of pyridine rings is 1. The fourth-order valence-corrected chi connectivity index (χ4v) is 5.54. The molecular formula is C35H28N4. The summed E-state index contributed by atoms with van der Waals surface area (Å²) in [5.74, 6) is 0. The smallest absolute Gasteiger partial charge is 0.0667 e. The van der Waals surface area contributed by atoms with E-state index in [1.807, 2.05) is 29.2 Å². The van der Waals surface area contributed by atoms with Gasteiger partial charge in [-0.1, -0.05) is 86.6 Å².